The normalized spacial score (nSPS) is 10.3. The summed E-state index contributed by atoms with van der Waals surface area (Å²) in [5.74, 6) is -1.41. The molecule has 2 aromatic carbocycles. The Morgan fingerprint density at radius 3 is 2.37 bits per heavy atom. The number of anilines is 1. The molecular formula is C13H7Br2F2NO. The van der Waals surface area contributed by atoms with Gasteiger partial charge in [-0.1, -0.05) is 0 Å². The molecule has 0 spiro atoms. The molecule has 6 heteroatoms. The van der Waals surface area contributed by atoms with E-state index in [9.17, 15) is 13.6 Å². The van der Waals surface area contributed by atoms with Crippen molar-refractivity contribution in [2.45, 2.75) is 0 Å². The van der Waals surface area contributed by atoms with Gasteiger partial charge < -0.3 is 5.32 Å². The fourth-order valence-corrected chi connectivity index (χ4v) is 2.12. The van der Waals surface area contributed by atoms with Gasteiger partial charge in [0.1, 0.15) is 11.6 Å². The fourth-order valence-electron chi connectivity index (χ4n) is 1.42. The molecule has 2 rings (SSSR count). The highest BCUT2D eigenvalue weighted by Gasteiger charge is 2.11. The molecule has 0 bridgehead atoms. The maximum atomic E-state index is 13.3. The first kappa shape index (κ1) is 14.1. The number of halogens is 4. The highest BCUT2D eigenvalue weighted by Crippen LogP contribution is 2.24. The number of carbonyl (C=O) groups is 1. The van der Waals surface area contributed by atoms with Crippen LogP contribution < -0.4 is 5.32 Å². The van der Waals surface area contributed by atoms with Crippen molar-refractivity contribution < 1.29 is 13.6 Å². The van der Waals surface area contributed by atoms with Crippen LogP contribution in [0, 0.1) is 11.6 Å². The third-order valence-corrected chi connectivity index (χ3v) is 3.66. The lowest BCUT2D eigenvalue weighted by molar-refractivity contribution is 0.102. The second-order valence-electron chi connectivity index (χ2n) is 3.71. The number of hydrogen-bond donors (Lipinski definition) is 1. The van der Waals surface area contributed by atoms with Gasteiger partial charge in [-0.2, -0.15) is 0 Å². The lowest BCUT2D eigenvalue weighted by Gasteiger charge is -2.08. The van der Waals surface area contributed by atoms with Crippen molar-refractivity contribution in [2.75, 3.05) is 5.32 Å². The van der Waals surface area contributed by atoms with E-state index in [1.54, 1.807) is 0 Å². The van der Waals surface area contributed by atoms with E-state index in [-0.39, 0.29) is 10.0 Å². The summed E-state index contributed by atoms with van der Waals surface area (Å²) in [4.78, 5) is 11.9. The monoisotopic (exact) mass is 389 g/mol. The van der Waals surface area contributed by atoms with E-state index in [1.165, 1.54) is 30.3 Å². The average molecular weight is 391 g/mol. The highest BCUT2D eigenvalue weighted by atomic mass is 79.9. The molecule has 2 nitrogen and oxygen atoms in total. The Bertz CT molecular complexity index is 647. The molecule has 0 heterocycles. The van der Waals surface area contributed by atoms with Crippen molar-refractivity contribution >= 4 is 43.5 Å². The number of hydrogen-bond acceptors (Lipinski definition) is 1. The summed E-state index contributed by atoms with van der Waals surface area (Å²) in [5.41, 5.74) is 0.589. The summed E-state index contributed by atoms with van der Waals surface area (Å²) in [7, 11) is 0. The molecule has 1 N–H and O–H groups in total. The molecule has 2 aromatic rings. The molecule has 1 amide bonds. The molecule has 0 aromatic heterocycles. The van der Waals surface area contributed by atoms with Gasteiger partial charge in [0.2, 0.25) is 0 Å². The summed E-state index contributed by atoms with van der Waals surface area (Å²) < 4.78 is 26.9. The minimum absolute atomic E-state index is 0.178. The molecule has 0 aliphatic carbocycles. The first-order chi connectivity index (χ1) is 8.97. The SMILES string of the molecule is O=C(Nc1ccc(F)cc1Br)c1ccc(Br)c(F)c1. The van der Waals surface area contributed by atoms with Crippen LogP contribution >= 0.6 is 31.9 Å². The maximum Gasteiger partial charge on any atom is 0.255 e. The molecule has 0 unspecified atom stereocenters. The Labute approximate surface area is 125 Å². The Hall–Kier alpha value is -1.27. The molecule has 0 fully saturated rings. The first-order valence-corrected chi connectivity index (χ1v) is 6.77. The predicted molar refractivity (Wildman–Crippen MR) is 76.2 cm³/mol. The standard InChI is InChI=1S/C13H7Br2F2NO/c14-9-3-1-7(5-11(9)17)13(19)18-12-4-2-8(16)6-10(12)15/h1-6H,(H,18,19). The van der Waals surface area contributed by atoms with Crippen LogP contribution in [0.5, 0.6) is 0 Å². The van der Waals surface area contributed by atoms with E-state index in [0.717, 1.165) is 6.07 Å². The zero-order chi connectivity index (χ0) is 14.0. The van der Waals surface area contributed by atoms with Crippen molar-refractivity contribution in [3.63, 3.8) is 0 Å². The van der Waals surface area contributed by atoms with Crippen molar-refractivity contribution in [3.8, 4) is 0 Å². The first-order valence-electron chi connectivity index (χ1n) is 5.19. The molecule has 0 atom stereocenters. The average Bonchev–Trinajstić information content (AvgIpc) is 2.36. The largest absolute Gasteiger partial charge is 0.321 e. The Balaban J connectivity index is 2.23. The van der Waals surface area contributed by atoms with Crippen molar-refractivity contribution in [3.05, 3.63) is 62.5 Å². The van der Waals surface area contributed by atoms with Gasteiger partial charge in [0.15, 0.2) is 0 Å². The van der Waals surface area contributed by atoms with E-state index >= 15 is 0 Å². The molecular weight excluding hydrogens is 384 g/mol. The molecule has 98 valence electrons. The van der Waals surface area contributed by atoms with Gasteiger partial charge in [0.25, 0.3) is 5.91 Å². The number of benzene rings is 2. The molecule has 0 saturated carbocycles. The Morgan fingerprint density at radius 2 is 1.74 bits per heavy atom. The van der Waals surface area contributed by atoms with Crippen LogP contribution in [-0.4, -0.2) is 5.91 Å². The number of nitrogens with one attached hydrogen (secondary N) is 1. The van der Waals surface area contributed by atoms with Crippen LogP contribution in [-0.2, 0) is 0 Å². The Kier molecular flexibility index (Phi) is 4.31. The van der Waals surface area contributed by atoms with Gasteiger partial charge >= 0.3 is 0 Å². The van der Waals surface area contributed by atoms with Gasteiger partial charge in [-0.15, -0.1) is 0 Å². The molecule has 0 aliphatic rings. The minimum Gasteiger partial charge on any atom is -0.321 e. The van der Waals surface area contributed by atoms with Crippen LogP contribution in [0.1, 0.15) is 10.4 Å². The van der Waals surface area contributed by atoms with Crippen LogP contribution in [0.4, 0.5) is 14.5 Å². The molecule has 19 heavy (non-hydrogen) atoms. The summed E-state index contributed by atoms with van der Waals surface area (Å²) in [6.45, 7) is 0. The zero-order valence-corrected chi connectivity index (χ0v) is 12.6. The summed E-state index contributed by atoms with van der Waals surface area (Å²) in [5, 5.41) is 2.57. The van der Waals surface area contributed by atoms with Gasteiger partial charge in [-0.05, 0) is 68.3 Å². The summed E-state index contributed by atoms with van der Waals surface area (Å²) in [6, 6.07) is 7.94. The van der Waals surface area contributed by atoms with Gasteiger partial charge in [-0.25, -0.2) is 8.78 Å². The lowest BCUT2D eigenvalue weighted by Crippen LogP contribution is -2.12. The van der Waals surface area contributed by atoms with Crippen LogP contribution in [0.2, 0.25) is 0 Å². The van der Waals surface area contributed by atoms with Crippen LogP contribution in [0.25, 0.3) is 0 Å². The number of amides is 1. The van der Waals surface area contributed by atoms with Gasteiger partial charge in [0, 0.05) is 10.0 Å². The van der Waals surface area contributed by atoms with E-state index in [2.05, 4.69) is 37.2 Å². The second-order valence-corrected chi connectivity index (χ2v) is 5.42. The van der Waals surface area contributed by atoms with E-state index in [4.69, 9.17) is 0 Å². The topological polar surface area (TPSA) is 29.1 Å². The third-order valence-electron chi connectivity index (χ3n) is 2.36. The zero-order valence-electron chi connectivity index (χ0n) is 9.38. The second kappa shape index (κ2) is 5.79. The smallest absolute Gasteiger partial charge is 0.255 e. The van der Waals surface area contributed by atoms with Crippen molar-refractivity contribution in [1.29, 1.82) is 0 Å². The van der Waals surface area contributed by atoms with E-state index < -0.39 is 17.5 Å². The fraction of sp³-hybridized carbons (Fsp3) is 0. The summed E-state index contributed by atoms with van der Waals surface area (Å²) >= 11 is 6.15. The highest BCUT2D eigenvalue weighted by molar-refractivity contribution is 9.10. The minimum atomic E-state index is -0.522. The summed E-state index contributed by atoms with van der Waals surface area (Å²) in [6.07, 6.45) is 0. The molecule has 0 aliphatic heterocycles. The maximum absolute atomic E-state index is 13.3. The predicted octanol–water partition coefficient (Wildman–Crippen LogP) is 4.74. The van der Waals surface area contributed by atoms with Crippen molar-refractivity contribution in [1.82, 2.24) is 0 Å². The molecule has 0 saturated heterocycles. The van der Waals surface area contributed by atoms with Crippen molar-refractivity contribution in [2.24, 2.45) is 0 Å². The Morgan fingerprint density at radius 1 is 1.00 bits per heavy atom. The number of rotatable bonds is 2. The van der Waals surface area contributed by atoms with Crippen LogP contribution in [0.15, 0.2) is 45.3 Å². The number of carbonyl (C=O) groups excluding carboxylic acids is 1. The molecule has 0 radical (unpaired) electrons. The quantitative estimate of drug-likeness (QED) is 0.788. The third kappa shape index (κ3) is 3.39. The van der Waals surface area contributed by atoms with Gasteiger partial charge in [-0.3, -0.25) is 4.79 Å². The van der Waals surface area contributed by atoms with E-state index in [0.29, 0.717) is 10.2 Å². The lowest BCUT2D eigenvalue weighted by atomic mass is 10.2. The van der Waals surface area contributed by atoms with Gasteiger partial charge in [0.05, 0.1) is 10.2 Å². The van der Waals surface area contributed by atoms with Crippen LogP contribution in [0.3, 0.4) is 0 Å². The van der Waals surface area contributed by atoms with E-state index in [1.807, 2.05) is 0 Å².